The zero-order chi connectivity index (χ0) is 13.4. The van der Waals surface area contributed by atoms with Crippen molar-refractivity contribution in [1.29, 1.82) is 0 Å². The molecule has 0 heterocycles. The predicted molar refractivity (Wildman–Crippen MR) is 71.9 cm³/mol. The van der Waals surface area contributed by atoms with Gasteiger partial charge in [0.05, 0.1) is 7.11 Å². The number of ether oxygens (including phenoxy) is 1. The van der Waals surface area contributed by atoms with Crippen molar-refractivity contribution in [1.82, 2.24) is 4.90 Å². The molecule has 0 radical (unpaired) electrons. The molecule has 17 heavy (non-hydrogen) atoms. The highest BCUT2D eigenvalue weighted by Crippen LogP contribution is 2.10. The molecule has 1 atom stereocenters. The minimum atomic E-state index is -0.211. The van der Waals surface area contributed by atoms with Crippen LogP contribution in [0.15, 0.2) is 11.6 Å². The minimum Gasteiger partial charge on any atom is -0.466 e. The summed E-state index contributed by atoms with van der Waals surface area (Å²) >= 11 is 0. The first-order valence-corrected chi connectivity index (χ1v) is 6.39. The number of hydrogen-bond donors (Lipinski definition) is 0. The molecule has 0 aromatic rings. The summed E-state index contributed by atoms with van der Waals surface area (Å²) in [7, 11) is 3.52. The third-order valence-electron chi connectivity index (χ3n) is 3.02. The molecule has 0 aliphatic rings. The van der Waals surface area contributed by atoms with Crippen LogP contribution >= 0.6 is 0 Å². The molecule has 0 aliphatic heterocycles. The quantitative estimate of drug-likeness (QED) is 0.507. The summed E-state index contributed by atoms with van der Waals surface area (Å²) in [5, 5.41) is 0. The van der Waals surface area contributed by atoms with E-state index in [1.807, 2.05) is 13.0 Å². The molecule has 0 saturated carbocycles. The molecule has 0 aromatic carbocycles. The topological polar surface area (TPSA) is 29.5 Å². The smallest absolute Gasteiger partial charge is 0.333 e. The molecule has 100 valence electrons. The van der Waals surface area contributed by atoms with E-state index in [9.17, 15) is 4.79 Å². The normalized spacial score (nSPS) is 14.2. The first-order chi connectivity index (χ1) is 7.92. The number of methoxy groups -OCH3 is 1. The minimum absolute atomic E-state index is 0.211. The van der Waals surface area contributed by atoms with Crippen LogP contribution in [0.1, 0.15) is 40.5 Å². The Hall–Kier alpha value is -0.830. The van der Waals surface area contributed by atoms with Gasteiger partial charge in [0.25, 0.3) is 0 Å². The van der Waals surface area contributed by atoms with E-state index in [4.69, 9.17) is 4.74 Å². The fraction of sp³-hybridized carbons (Fsp3) is 0.786. The molecular formula is C14H27NO2. The van der Waals surface area contributed by atoms with Crippen LogP contribution in [-0.4, -0.2) is 37.6 Å². The summed E-state index contributed by atoms with van der Waals surface area (Å²) in [5.41, 5.74) is 0.760. The Balaban J connectivity index is 4.32. The van der Waals surface area contributed by atoms with Crippen molar-refractivity contribution in [3.63, 3.8) is 0 Å². The lowest BCUT2D eigenvalue weighted by molar-refractivity contribution is -0.136. The molecule has 0 bridgehead atoms. The maximum Gasteiger partial charge on any atom is 0.333 e. The summed E-state index contributed by atoms with van der Waals surface area (Å²) in [6.45, 7) is 9.45. The number of nitrogens with zero attached hydrogens (tertiary/aromatic N) is 1. The molecule has 3 nitrogen and oxygen atoms in total. The molecule has 0 aliphatic carbocycles. The van der Waals surface area contributed by atoms with E-state index in [0.717, 1.165) is 18.5 Å². The van der Waals surface area contributed by atoms with Gasteiger partial charge in [0.15, 0.2) is 0 Å². The Morgan fingerprint density at radius 2 is 1.94 bits per heavy atom. The molecule has 0 saturated heterocycles. The highest BCUT2D eigenvalue weighted by molar-refractivity contribution is 5.88. The number of carbonyl (C=O) groups is 1. The Morgan fingerprint density at radius 1 is 1.35 bits per heavy atom. The largest absolute Gasteiger partial charge is 0.466 e. The van der Waals surface area contributed by atoms with Gasteiger partial charge in [-0.15, -0.1) is 0 Å². The van der Waals surface area contributed by atoms with Crippen molar-refractivity contribution in [2.45, 2.75) is 46.6 Å². The van der Waals surface area contributed by atoms with Gasteiger partial charge in [-0.3, -0.25) is 0 Å². The number of rotatable bonds is 7. The van der Waals surface area contributed by atoms with Gasteiger partial charge in [0, 0.05) is 18.2 Å². The van der Waals surface area contributed by atoms with E-state index in [-0.39, 0.29) is 5.97 Å². The van der Waals surface area contributed by atoms with E-state index in [0.29, 0.717) is 12.0 Å². The monoisotopic (exact) mass is 241 g/mol. The predicted octanol–water partition coefficient (Wildman–Crippen LogP) is 2.86. The Labute approximate surface area is 106 Å². The summed E-state index contributed by atoms with van der Waals surface area (Å²) in [6, 6.07) is 0.530. The van der Waals surface area contributed by atoms with Gasteiger partial charge in [0.1, 0.15) is 0 Å². The van der Waals surface area contributed by atoms with Crippen LogP contribution in [0, 0.1) is 5.92 Å². The number of carbonyl (C=O) groups excluding carboxylic acids is 1. The number of esters is 1. The highest BCUT2D eigenvalue weighted by Gasteiger charge is 2.11. The molecule has 3 heteroatoms. The van der Waals surface area contributed by atoms with Crippen LogP contribution in [0.2, 0.25) is 0 Å². The molecule has 0 aromatic heterocycles. The summed E-state index contributed by atoms with van der Waals surface area (Å²) in [6.07, 6.45) is 3.87. The SMILES string of the molecule is CCC(=CCN(C)C(C)CC(C)C)C(=O)OC. The maximum atomic E-state index is 11.4. The van der Waals surface area contributed by atoms with E-state index in [1.165, 1.54) is 13.5 Å². The van der Waals surface area contributed by atoms with E-state index in [1.54, 1.807) is 0 Å². The van der Waals surface area contributed by atoms with Gasteiger partial charge in [-0.25, -0.2) is 4.79 Å². The second-order valence-corrected chi connectivity index (χ2v) is 4.99. The third kappa shape index (κ3) is 6.47. The van der Waals surface area contributed by atoms with Crippen molar-refractivity contribution in [2.24, 2.45) is 5.92 Å². The molecule has 0 fully saturated rings. The number of likely N-dealkylation sites (N-methyl/N-ethyl adjacent to an activating group) is 1. The standard InChI is InChI=1S/C14H27NO2/c1-7-13(14(16)17-6)8-9-15(5)12(4)10-11(2)3/h8,11-12H,7,9-10H2,1-6H3. The maximum absolute atomic E-state index is 11.4. The van der Waals surface area contributed by atoms with Crippen LogP contribution in [0.3, 0.4) is 0 Å². The molecule has 1 unspecified atom stereocenters. The fourth-order valence-corrected chi connectivity index (χ4v) is 1.80. The lowest BCUT2D eigenvalue weighted by atomic mass is 10.0. The van der Waals surface area contributed by atoms with E-state index >= 15 is 0 Å². The number of hydrogen-bond acceptors (Lipinski definition) is 3. The highest BCUT2D eigenvalue weighted by atomic mass is 16.5. The Morgan fingerprint density at radius 3 is 2.35 bits per heavy atom. The summed E-state index contributed by atoms with van der Waals surface area (Å²) < 4.78 is 4.73. The van der Waals surface area contributed by atoms with E-state index < -0.39 is 0 Å². The second-order valence-electron chi connectivity index (χ2n) is 4.99. The summed E-state index contributed by atoms with van der Waals surface area (Å²) in [5.74, 6) is 0.486. The van der Waals surface area contributed by atoms with Gasteiger partial charge in [-0.2, -0.15) is 0 Å². The van der Waals surface area contributed by atoms with Gasteiger partial charge < -0.3 is 9.64 Å². The molecular weight excluding hydrogens is 214 g/mol. The molecule has 0 rings (SSSR count). The molecule has 0 amide bonds. The van der Waals surface area contributed by atoms with Crippen LogP contribution in [-0.2, 0) is 9.53 Å². The third-order valence-corrected chi connectivity index (χ3v) is 3.02. The van der Waals surface area contributed by atoms with Crippen LogP contribution in [0.25, 0.3) is 0 Å². The van der Waals surface area contributed by atoms with Crippen LogP contribution in [0.5, 0.6) is 0 Å². The summed E-state index contributed by atoms with van der Waals surface area (Å²) in [4.78, 5) is 13.7. The van der Waals surface area contributed by atoms with E-state index in [2.05, 4.69) is 32.7 Å². The Kier molecular flexibility index (Phi) is 7.88. The van der Waals surface area contributed by atoms with Crippen LogP contribution < -0.4 is 0 Å². The van der Waals surface area contributed by atoms with Gasteiger partial charge >= 0.3 is 5.97 Å². The van der Waals surface area contributed by atoms with Crippen molar-refractivity contribution < 1.29 is 9.53 Å². The first-order valence-electron chi connectivity index (χ1n) is 6.39. The van der Waals surface area contributed by atoms with Crippen molar-refractivity contribution >= 4 is 5.97 Å². The van der Waals surface area contributed by atoms with Crippen molar-refractivity contribution in [3.05, 3.63) is 11.6 Å². The van der Waals surface area contributed by atoms with Gasteiger partial charge in [0.2, 0.25) is 0 Å². The average Bonchev–Trinajstić information content (AvgIpc) is 2.28. The van der Waals surface area contributed by atoms with Crippen LogP contribution in [0.4, 0.5) is 0 Å². The lowest BCUT2D eigenvalue weighted by Crippen LogP contribution is -2.30. The van der Waals surface area contributed by atoms with Gasteiger partial charge in [-0.05, 0) is 32.7 Å². The zero-order valence-corrected chi connectivity index (χ0v) is 12.1. The van der Waals surface area contributed by atoms with Crippen molar-refractivity contribution in [3.8, 4) is 0 Å². The lowest BCUT2D eigenvalue weighted by Gasteiger charge is -2.25. The zero-order valence-electron chi connectivity index (χ0n) is 12.1. The Bertz CT molecular complexity index is 259. The fourth-order valence-electron chi connectivity index (χ4n) is 1.80. The molecule has 0 N–H and O–H groups in total. The second kappa shape index (κ2) is 8.29. The molecule has 0 spiro atoms. The first kappa shape index (κ1) is 16.2. The van der Waals surface area contributed by atoms with Crippen molar-refractivity contribution in [2.75, 3.05) is 20.7 Å². The van der Waals surface area contributed by atoms with Gasteiger partial charge in [-0.1, -0.05) is 26.8 Å². The average molecular weight is 241 g/mol.